The molecule has 1 aromatic carbocycles. The third kappa shape index (κ3) is 4.31. The van der Waals surface area contributed by atoms with Gasteiger partial charge < -0.3 is 9.80 Å². The lowest BCUT2D eigenvalue weighted by Crippen LogP contribution is -2.50. The van der Waals surface area contributed by atoms with E-state index < -0.39 is 12.7 Å². The number of anilines is 1. The van der Waals surface area contributed by atoms with E-state index in [0.717, 1.165) is 6.42 Å². The van der Waals surface area contributed by atoms with Gasteiger partial charge in [0.15, 0.2) is 0 Å². The van der Waals surface area contributed by atoms with Gasteiger partial charge in [0.25, 0.3) is 5.91 Å². The number of hydrogen-bond acceptors (Lipinski definition) is 3. The Bertz CT molecular complexity index is 655. The van der Waals surface area contributed by atoms with E-state index in [2.05, 4.69) is 0 Å². The van der Waals surface area contributed by atoms with Crippen molar-refractivity contribution in [3.63, 3.8) is 0 Å². The standard InChI is InChI=1S/C17H20F3N3O2/c18-17(19,20)12-21-7-9-22(10-8-21)16(25)13-3-1-4-14(11-13)23-6-2-5-15(23)24/h1,3-4,11H,2,5-10,12H2. The van der Waals surface area contributed by atoms with Crippen molar-refractivity contribution in [2.45, 2.75) is 19.0 Å². The lowest BCUT2D eigenvalue weighted by molar-refractivity contribution is -0.148. The van der Waals surface area contributed by atoms with Gasteiger partial charge in [-0.2, -0.15) is 13.2 Å². The van der Waals surface area contributed by atoms with E-state index in [1.54, 1.807) is 34.1 Å². The molecule has 2 amide bonds. The van der Waals surface area contributed by atoms with Gasteiger partial charge in [0.05, 0.1) is 6.54 Å². The molecule has 5 nitrogen and oxygen atoms in total. The third-order valence-corrected chi connectivity index (χ3v) is 4.54. The minimum atomic E-state index is -4.22. The van der Waals surface area contributed by atoms with Crippen molar-refractivity contribution in [3.8, 4) is 0 Å². The monoisotopic (exact) mass is 355 g/mol. The summed E-state index contributed by atoms with van der Waals surface area (Å²) in [5, 5.41) is 0. The fourth-order valence-corrected chi connectivity index (χ4v) is 3.27. The maximum atomic E-state index is 12.6. The Morgan fingerprint density at radius 1 is 1.08 bits per heavy atom. The number of benzene rings is 1. The molecule has 0 unspecified atom stereocenters. The van der Waals surface area contributed by atoms with Crippen molar-refractivity contribution >= 4 is 17.5 Å². The van der Waals surface area contributed by atoms with Gasteiger partial charge >= 0.3 is 6.18 Å². The highest BCUT2D eigenvalue weighted by Gasteiger charge is 2.33. The predicted molar refractivity (Wildman–Crippen MR) is 86.4 cm³/mol. The summed E-state index contributed by atoms with van der Waals surface area (Å²) in [4.78, 5) is 29.0. The quantitative estimate of drug-likeness (QED) is 0.834. The van der Waals surface area contributed by atoms with Crippen LogP contribution in [-0.4, -0.2) is 67.1 Å². The van der Waals surface area contributed by atoms with Crippen molar-refractivity contribution in [2.75, 3.05) is 44.2 Å². The van der Waals surface area contributed by atoms with Crippen LogP contribution in [-0.2, 0) is 4.79 Å². The molecular weight excluding hydrogens is 335 g/mol. The van der Waals surface area contributed by atoms with Gasteiger partial charge in [0, 0.05) is 50.4 Å². The van der Waals surface area contributed by atoms with E-state index in [-0.39, 0.29) is 38.0 Å². The van der Waals surface area contributed by atoms with Crippen molar-refractivity contribution in [3.05, 3.63) is 29.8 Å². The molecule has 2 aliphatic heterocycles. The molecule has 0 aromatic heterocycles. The van der Waals surface area contributed by atoms with Crippen LogP contribution < -0.4 is 4.90 Å². The average molecular weight is 355 g/mol. The summed E-state index contributed by atoms with van der Waals surface area (Å²) in [6.45, 7) is 0.642. The number of hydrogen-bond donors (Lipinski definition) is 0. The largest absolute Gasteiger partial charge is 0.401 e. The van der Waals surface area contributed by atoms with E-state index in [9.17, 15) is 22.8 Å². The summed E-state index contributed by atoms with van der Waals surface area (Å²) in [7, 11) is 0. The summed E-state index contributed by atoms with van der Waals surface area (Å²) in [5.74, 6) is -0.162. The third-order valence-electron chi connectivity index (χ3n) is 4.54. The number of nitrogens with zero attached hydrogens (tertiary/aromatic N) is 3. The first kappa shape index (κ1) is 17.7. The van der Waals surface area contributed by atoms with Gasteiger partial charge in [0.2, 0.25) is 5.91 Å². The fourth-order valence-electron chi connectivity index (χ4n) is 3.27. The molecule has 0 spiro atoms. The molecule has 2 aliphatic rings. The molecule has 0 saturated carbocycles. The van der Waals surface area contributed by atoms with Gasteiger partial charge in [-0.1, -0.05) is 6.07 Å². The Morgan fingerprint density at radius 2 is 1.80 bits per heavy atom. The molecule has 2 heterocycles. The van der Waals surface area contributed by atoms with Gasteiger partial charge in [-0.3, -0.25) is 14.5 Å². The Balaban J connectivity index is 1.63. The van der Waals surface area contributed by atoms with Crippen molar-refractivity contribution in [1.82, 2.24) is 9.80 Å². The van der Waals surface area contributed by atoms with E-state index in [1.807, 2.05) is 0 Å². The van der Waals surface area contributed by atoms with E-state index in [4.69, 9.17) is 0 Å². The Morgan fingerprint density at radius 3 is 2.40 bits per heavy atom. The summed E-state index contributed by atoms with van der Waals surface area (Å²) in [5.41, 5.74) is 1.16. The molecule has 136 valence electrons. The molecule has 1 aromatic rings. The van der Waals surface area contributed by atoms with Crippen molar-refractivity contribution in [2.24, 2.45) is 0 Å². The predicted octanol–water partition coefficient (Wildman–Crippen LogP) is 2.13. The molecule has 0 bridgehead atoms. The van der Waals surface area contributed by atoms with Crippen LogP contribution in [0.15, 0.2) is 24.3 Å². The number of carbonyl (C=O) groups is 2. The summed E-state index contributed by atoms with van der Waals surface area (Å²) >= 11 is 0. The number of amides is 2. The fraction of sp³-hybridized carbons (Fsp3) is 0.529. The van der Waals surface area contributed by atoms with Crippen LogP contribution in [0.25, 0.3) is 0 Å². The molecule has 0 radical (unpaired) electrons. The molecule has 2 fully saturated rings. The minimum Gasteiger partial charge on any atom is -0.336 e. The topological polar surface area (TPSA) is 43.9 Å². The smallest absolute Gasteiger partial charge is 0.336 e. The van der Waals surface area contributed by atoms with Gasteiger partial charge in [0.1, 0.15) is 0 Å². The number of carbonyl (C=O) groups excluding carboxylic acids is 2. The number of alkyl halides is 3. The number of piperazine rings is 1. The molecule has 0 N–H and O–H groups in total. The van der Waals surface area contributed by atoms with Crippen LogP contribution in [0.4, 0.5) is 18.9 Å². The summed E-state index contributed by atoms with van der Waals surface area (Å²) in [6, 6.07) is 6.89. The lowest BCUT2D eigenvalue weighted by Gasteiger charge is -2.35. The van der Waals surface area contributed by atoms with Crippen LogP contribution >= 0.6 is 0 Å². The Labute approximate surface area is 144 Å². The Hall–Kier alpha value is -2.09. The van der Waals surface area contributed by atoms with E-state index in [0.29, 0.717) is 24.2 Å². The second-order valence-corrected chi connectivity index (χ2v) is 6.38. The highest BCUT2D eigenvalue weighted by atomic mass is 19.4. The molecule has 0 aliphatic carbocycles. The zero-order chi connectivity index (χ0) is 18.0. The Kier molecular flexibility index (Phi) is 4.99. The van der Waals surface area contributed by atoms with Crippen LogP contribution in [0.2, 0.25) is 0 Å². The van der Waals surface area contributed by atoms with Gasteiger partial charge in [-0.15, -0.1) is 0 Å². The first-order valence-corrected chi connectivity index (χ1v) is 8.32. The molecule has 8 heteroatoms. The molecule has 2 saturated heterocycles. The normalized spacial score (nSPS) is 19.6. The summed E-state index contributed by atoms with van der Waals surface area (Å²) < 4.78 is 37.3. The highest BCUT2D eigenvalue weighted by molar-refractivity contribution is 5.99. The minimum absolute atomic E-state index is 0.0466. The van der Waals surface area contributed by atoms with E-state index in [1.165, 1.54) is 4.90 Å². The lowest BCUT2D eigenvalue weighted by atomic mass is 10.1. The molecule has 25 heavy (non-hydrogen) atoms. The first-order chi connectivity index (χ1) is 11.8. The molecular formula is C17H20F3N3O2. The van der Waals surface area contributed by atoms with Gasteiger partial charge in [-0.25, -0.2) is 0 Å². The highest BCUT2D eigenvalue weighted by Crippen LogP contribution is 2.23. The maximum Gasteiger partial charge on any atom is 0.401 e. The molecule has 0 atom stereocenters. The van der Waals surface area contributed by atoms with Crippen LogP contribution in [0.3, 0.4) is 0 Å². The second-order valence-electron chi connectivity index (χ2n) is 6.38. The van der Waals surface area contributed by atoms with Crippen LogP contribution in [0, 0.1) is 0 Å². The number of rotatable bonds is 3. The van der Waals surface area contributed by atoms with Crippen LogP contribution in [0.1, 0.15) is 23.2 Å². The second kappa shape index (κ2) is 7.03. The van der Waals surface area contributed by atoms with Crippen molar-refractivity contribution in [1.29, 1.82) is 0 Å². The number of halogens is 3. The van der Waals surface area contributed by atoms with Gasteiger partial charge in [-0.05, 0) is 24.6 Å². The average Bonchev–Trinajstić information content (AvgIpc) is 3.00. The van der Waals surface area contributed by atoms with Crippen LogP contribution in [0.5, 0.6) is 0 Å². The van der Waals surface area contributed by atoms with Crippen molar-refractivity contribution < 1.29 is 22.8 Å². The maximum absolute atomic E-state index is 12.6. The summed E-state index contributed by atoms with van der Waals surface area (Å²) in [6.07, 6.45) is -2.90. The van der Waals surface area contributed by atoms with E-state index >= 15 is 0 Å². The zero-order valence-electron chi connectivity index (χ0n) is 13.8. The SMILES string of the molecule is O=C(c1cccc(N2CCCC2=O)c1)N1CCN(CC(F)(F)F)CC1. The first-order valence-electron chi connectivity index (χ1n) is 8.32. The molecule has 3 rings (SSSR count). The zero-order valence-corrected chi connectivity index (χ0v) is 13.8.